The second kappa shape index (κ2) is 7.92. The zero-order valence-corrected chi connectivity index (χ0v) is 14.4. The molecule has 3 heterocycles. The lowest BCUT2D eigenvalue weighted by molar-refractivity contribution is 0.425. The minimum atomic E-state index is 0.797. The Labute approximate surface area is 143 Å². The number of nitrogens with zero attached hydrogens (tertiary/aromatic N) is 6. The monoisotopic (exact) mass is 327 g/mol. The third kappa shape index (κ3) is 4.32. The topological polar surface area (TPSA) is 60.4 Å². The Morgan fingerprint density at radius 1 is 1.00 bits per heavy atom. The summed E-state index contributed by atoms with van der Waals surface area (Å²) in [5.74, 6) is 2.72. The predicted octanol–water partition coefficient (Wildman–Crippen LogP) is 1.17. The van der Waals surface area contributed by atoms with Gasteiger partial charge >= 0.3 is 0 Å². The molecule has 0 aromatic carbocycles. The molecule has 0 radical (unpaired) electrons. The summed E-state index contributed by atoms with van der Waals surface area (Å²) in [4.78, 5) is 20.2. The van der Waals surface area contributed by atoms with Crippen LogP contribution in [-0.2, 0) is 0 Å². The number of nitrogens with one attached hydrogen (secondary N) is 1. The first-order valence-electron chi connectivity index (χ1n) is 8.35. The molecule has 0 saturated carbocycles. The highest BCUT2D eigenvalue weighted by molar-refractivity contribution is 5.44. The molecule has 0 unspecified atom stereocenters. The Balaban J connectivity index is 1.56. The Kier molecular flexibility index (Phi) is 5.43. The molecule has 1 aliphatic heterocycles. The van der Waals surface area contributed by atoms with E-state index in [0.29, 0.717) is 0 Å². The van der Waals surface area contributed by atoms with Crippen molar-refractivity contribution < 1.29 is 0 Å². The van der Waals surface area contributed by atoms with Crippen LogP contribution in [0.4, 0.5) is 17.6 Å². The van der Waals surface area contributed by atoms with E-state index in [1.165, 1.54) is 0 Å². The first-order chi connectivity index (χ1) is 11.7. The Morgan fingerprint density at radius 2 is 1.79 bits per heavy atom. The van der Waals surface area contributed by atoms with Crippen molar-refractivity contribution in [3.8, 4) is 0 Å². The lowest BCUT2D eigenvalue weighted by atomic mass is 10.3. The van der Waals surface area contributed by atoms with Crippen LogP contribution in [0.1, 0.15) is 0 Å². The van der Waals surface area contributed by atoms with Crippen molar-refractivity contribution in [1.82, 2.24) is 19.9 Å². The van der Waals surface area contributed by atoms with E-state index in [1.54, 1.807) is 0 Å². The van der Waals surface area contributed by atoms with Gasteiger partial charge in [-0.25, -0.2) is 9.97 Å². The maximum absolute atomic E-state index is 4.64. The van der Waals surface area contributed by atoms with Crippen LogP contribution >= 0.6 is 0 Å². The fourth-order valence-electron chi connectivity index (χ4n) is 2.68. The standard InChI is InChI=1S/C17H25N7/c1-22(2)10-9-18-15-6-8-20-17(21-15)24-13-11-23(12-14-24)16-5-3-4-7-19-16/h3-8H,9-14H2,1-2H3,(H,18,20,21). The maximum Gasteiger partial charge on any atom is 0.227 e. The van der Waals surface area contributed by atoms with Crippen molar-refractivity contribution >= 4 is 17.6 Å². The fraction of sp³-hybridized carbons (Fsp3) is 0.471. The van der Waals surface area contributed by atoms with Gasteiger partial charge in [-0.05, 0) is 32.3 Å². The highest BCUT2D eigenvalue weighted by Crippen LogP contribution is 2.16. The summed E-state index contributed by atoms with van der Waals surface area (Å²) >= 11 is 0. The average Bonchev–Trinajstić information content (AvgIpc) is 2.63. The molecule has 24 heavy (non-hydrogen) atoms. The number of hydrogen-bond donors (Lipinski definition) is 1. The van der Waals surface area contributed by atoms with Crippen LogP contribution in [0.25, 0.3) is 0 Å². The van der Waals surface area contributed by atoms with Crippen LogP contribution in [0.5, 0.6) is 0 Å². The molecule has 0 aliphatic carbocycles. The quantitative estimate of drug-likeness (QED) is 0.854. The molecule has 1 fully saturated rings. The second-order valence-corrected chi connectivity index (χ2v) is 6.13. The summed E-state index contributed by atoms with van der Waals surface area (Å²) in [6, 6.07) is 7.95. The molecule has 7 heteroatoms. The van der Waals surface area contributed by atoms with Gasteiger partial charge in [-0.3, -0.25) is 0 Å². The predicted molar refractivity (Wildman–Crippen MR) is 97.7 cm³/mol. The van der Waals surface area contributed by atoms with Gasteiger partial charge in [0.2, 0.25) is 5.95 Å². The van der Waals surface area contributed by atoms with Crippen LogP contribution in [0, 0.1) is 0 Å². The highest BCUT2D eigenvalue weighted by atomic mass is 15.3. The fourth-order valence-corrected chi connectivity index (χ4v) is 2.68. The van der Waals surface area contributed by atoms with E-state index in [9.17, 15) is 0 Å². The summed E-state index contributed by atoms with van der Waals surface area (Å²) in [5.41, 5.74) is 0. The maximum atomic E-state index is 4.64. The lowest BCUT2D eigenvalue weighted by Crippen LogP contribution is -2.47. The number of aromatic nitrogens is 3. The van der Waals surface area contributed by atoms with Gasteiger partial charge in [-0.15, -0.1) is 0 Å². The number of hydrogen-bond acceptors (Lipinski definition) is 7. The largest absolute Gasteiger partial charge is 0.369 e. The van der Waals surface area contributed by atoms with E-state index >= 15 is 0 Å². The second-order valence-electron chi connectivity index (χ2n) is 6.13. The van der Waals surface area contributed by atoms with E-state index < -0.39 is 0 Å². The zero-order chi connectivity index (χ0) is 16.8. The van der Waals surface area contributed by atoms with E-state index in [1.807, 2.05) is 30.6 Å². The molecule has 0 amide bonds. The molecule has 1 N–H and O–H groups in total. The van der Waals surface area contributed by atoms with Crippen molar-refractivity contribution in [1.29, 1.82) is 0 Å². The molecule has 2 aromatic rings. The molecule has 0 bridgehead atoms. The van der Waals surface area contributed by atoms with Crippen LogP contribution in [0.15, 0.2) is 36.7 Å². The Hall–Kier alpha value is -2.41. The van der Waals surface area contributed by atoms with Gasteiger partial charge in [0.25, 0.3) is 0 Å². The first-order valence-corrected chi connectivity index (χ1v) is 8.35. The molecule has 1 aliphatic rings. The molecule has 0 spiro atoms. The summed E-state index contributed by atoms with van der Waals surface area (Å²) in [6.07, 6.45) is 3.67. The van der Waals surface area contributed by atoms with Crippen LogP contribution < -0.4 is 15.1 Å². The van der Waals surface area contributed by atoms with Gasteiger partial charge < -0.3 is 20.0 Å². The van der Waals surface area contributed by atoms with E-state index in [0.717, 1.165) is 56.9 Å². The van der Waals surface area contributed by atoms with Crippen molar-refractivity contribution in [2.24, 2.45) is 0 Å². The zero-order valence-electron chi connectivity index (χ0n) is 14.4. The average molecular weight is 327 g/mol. The third-order valence-electron chi connectivity index (χ3n) is 4.04. The van der Waals surface area contributed by atoms with Gasteiger partial charge in [0.15, 0.2) is 0 Å². The van der Waals surface area contributed by atoms with Crippen molar-refractivity contribution in [2.75, 3.05) is 68.5 Å². The Morgan fingerprint density at radius 3 is 2.50 bits per heavy atom. The molecule has 2 aromatic heterocycles. The molecular formula is C17H25N7. The summed E-state index contributed by atoms with van der Waals surface area (Å²) in [7, 11) is 4.13. The minimum absolute atomic E-state index is 0.797. The summed E-state index contributed by atoms with van der Waals surface area (Å²) in [6.45, 7) is 5.51. The van der Waals surface area contributed by atoms with Gasteiger partial charge in [0.1, 0.15) is 11.6 Å². The Bertz CT molecular complexity index is 624. The van der Waals surface area contributed by atoms with Gasteiger partial charge in [0, 0.05) is 51.7 Å². The van der Waals surface area contributed by atoms with Crippen molar-refractivity contribution in [3.05, 3.63) is 36.7 Å². The number of rotatable bonds is 6. The van der Waals surface area contributed by atoms with Crippen LogP contribution in [-0.4, -0.2) is 73.2 Å². The van der Waals surface area contributed by atoms with E-state index in [-0.39, 0.29) is 0 Å². The number of piperazine rings is 1. The summed E-state index contributed by atoms with van der Waals surface area (Å²) < 4.78 is 0. The molecule has 1 saturated heterocycles. The number of anilines is 3. The number of pyridine rings is 1. The van der Waals surface area contributed by atoms with Crippen molar-refractivity contribution in [3.63, 3.8) is 0 Å². The summed E-state index contributed by atoms with van der Waals surface area (Å²) in [5, 5.41) is 3.35. The van der Waals surface area contributed by atoms with Gasteiger partial charge in [-0.2, -0.15) is 4.98 Å². The minimum Gasteiger partial charge on any atom is -0.369 e. The SMILES string of the molecule is CN(C)CCNc1ccnc(N2CCN(c3ccccn3)CC2)n1. The van der Waals surface area contributed by atoms with Crippen LogP contribution in [0.2, 0.25) is 0 Å². The van der Waals surface area contributed by atoms with Crippen LogP contribution in [0.3, 0.4) is 0 Å². The smallest absolute Gasteiger partial charge is 0.227 e. The molecular weight excluding hydrogens is 302 g/mol. The van der Waals surface area contributed by atoms with E-state index in [2.05, 4.69) is 55.1 Å². The third-order valence-corrected chi connectivity index (χ3v) is 4.04. The molecule has 0 atom stereocenters. The van der Waals surface area contributed by atoms with Crippen molar-refractivity contribution in [2.45, 2.75) is 0 Å². The van der Waals surface area contributed by atoms with Gasteiger partial charge in [-0.1, -0.05) is 6.07 Å². The van der Waals surface area contributed by atoms with E-state index in [4.69, 9.17) is 0 Å². The van der Waals surface area contributed by atoms with Gasteiger partial charge in [0.05, 0.1) is 0 Å². The number of likely N-dealkylation sites (N-methyl/N-ethyl adjacent to an activating group) is 1. The molecule has 7 nitrogen and oxygen atoms in total. The first kappa shape index (κ1) is 16.4. The molecule has 3 rings (SSSR count). The lowest BCUT2D eigenvalue weighted by Gasteiger charge is -2.35. The highest BCUT2D eigenvalue weighted by Gasteiger charge is 2.19. The normalized spacial score (nSPS) is 15.0. The molecule has 128 valence electrons.